The second-order valence-electron chi connectivity index (χ2n) is 6.89. The number of ether oxygens (including phenoxy) is 3. The van der Waals surface area contributed by atoms with Crippen LogP contribution in [0.25, 0.3) is 21.5 Å². The number of aromatic amines is 1. The number of hydrogen-bond acceptors (Lipinski definition) is 8. The quantitative estimate of drug-likeness (QED) is 0.365. The summed E-state index contributed by atoms with van der Waals surface area (Å²) in [5.41, 5.74) is 0.380. The van der Waals surface area contributed by atoms with Crippen LogP contribution in [0.1, 0.15) is 32.2 Å². The van der Waals surface area contributed by atoms with Crippen LogP contribution in [0.5, 0.6) is 11.5 Å². The summed E-state index contributed by atoms with van der Waals surface area (Å²) in [6, 6.07) is 10.7. The molecule has 1 atom stereocenters. The van der Waals surface area contributed by atoms with Crippen molar-refractivity contribution in [2.45, 2.75) is 26.4 Å². The molecule has 8 nitrogen and oxygen atoms in total. The van der Waals surface area contributed by atoms with Gasteiger partial charge in [-0.25, -0.2) is 4.98 Å². The van der Waals surface area contributed by atoms with Gasteiger partial charge in [0.25, 0.3) is 5.56 Å². The lowest BCUT2D eigenvalue weighted by Crippen LogP contribution is -2.18. The van der Waals surface area contributed by atoms with Gasteiger partial charge in [0.1, 0.15) is 22.1 Å². The van der Waals surface area contributed by atoms with Crippen LogP contribution in [-0.4, -0.2) is 29.2 Å². The van der Waals surface area contributed by atoms with E-state index in [9.17, 15) is 9.59 Å². The molecule has 9 heteroatoms. The lowest BCUT2D eigenvalue weighted by atomic mass is 10.2. The van der Waals surface area contributed by atoms with Gasteiger partial charge < -0.3 is 23.6 Å². The Bertz CT molecular complexity index is 1240. The minimum absolute atomic E-state index is 0.0612. The molecule has 4 rings (SSSR count). The molecule has 1 N–H and O–H groups in total. The molecule has 1 unspecified atom stereocenters. The Morgan fingerprint density at radius 2 is 1.94 bits per heavy atom. The van der Waals surface area contributed by atoms with E-state index in [0.717, 1.165) is 5.75 Å². The van der Waals surface area contributed by atoms with Gasteiger partial charge >= 0.3 is 5.97 Å². The maximum atomic E-state index is 12.7. The van der Waals surface area contributed by atoms with Gasteiger partial charge in [-0.05, 0) is 50.2 Å². The predicted molar refractivity (Wildman–Crippen MR) is 120 cm³/mol. The molecule has 0 aliphatic carbocycles. The lowest BCUT2D eigenvalue weighted by molar-refractivity contribution is -0.149. The van der Waals surface area contributed by atoms with E-state index in [1.807, 2.05) is 12.3 Å². The first-order valence-corrected chi connectivity index (χ1v) is 11.0. The Kier molecular flexibility index (Phi) is 6.55. The van der Waals surface area contributed by atoms with E-state index in [1.54, 1.807) is 49.6 Å². The van der Waals surface area contributed by atoms with Crippen molar-refractivity contribution in [3.8, 4) is 22.8 Å². The van der Waals surface area contributed by atoms with Gasteiger partial charge in [0.15, 0.2) is 11.9 Å². The molecule has 0 radical (unpaired) electrons. The van der Waals surface area contributed by atoms with Crippen molar-refractivity contribution in [2.75, 3.05) is 13.2 Å². The lowest BCUT2D eigenvalue weighted by Gasteiger charge is -2.13. The maximum Gasteiger partial charge on any atom is 0.309 e. The van der Waals surface area contributed by atoms with Crippen LogP contribution < -0.4 is 15.0 Å². The molecule has 1 aromatic carbocycles. The second-order valence-corrected chi connectivity index (χ2v) is 7.75. The molecule has 0 aliphatic rings. The normalized spacial score (nSPS) is 11.9. The Hall–Kier alpha value is -3.59. The van der Waals surface area contributed by atoms with Gasteiger partial charge in [-0.1, -0.05) is 0 Å². The number of thiophene rings is 1. The first kappa shape index (κ1) is 21.6. The van der Waals surface area contributed by atoms with E-state index in [4.69, 9.17) is 18.6 Å². The molecule has 0 aliphatic heterocycles. The van der Waals surface area contributed by atoms with E-state index >= 15 is 0 Å². The largest absolute Gasteiger partial charge is 0.494 e. The van der Waals surface area contributed by atoms with Crippen molar-refractivity contribution in [3.05, 3.63) is 64.2 Å². The zero-order valence-electron chi connectivity index (χ0n) is 17.6. The number of nitrogens with one attached hydrogen (secondary N) is 1. The Morgan fingerprint density at radius 3 is 2.62 bits per heavy atom. The molecule has 4 aromatic rings. The molecule has 0 spiro atoms. The van der Waals surface area contributed by atoms with Crippen molar-refractivity contribution >= 4 is 27.5 Å². The average molecular weight is 455 g/mol. The minimum Gasteiger partial charge on any atom is -0.494 e. The van der Waals surface area contributed by atoms with E-state index < -0.39 is 12.1 Å². The fourth-order valence-corrected chi connectivity index (χ4v) is 4.07. The fourth-order valence-electron chi connectivity index (χ4n) is 3.13. The van der Waals surface area contributed by atoms with Crippen LogP contribution in [0.4, 0.5) is 0 Å². The number of hydrogen-bond donors (Lipinski definition) is 1. The van der Waals surface area contributed by atoms with Crippen LogP contribution >= 0.6 is 11.3 Å². The zero-order valence-corrected chi connectivity index (χ0v) is 18.4. The molecule has 32 heavy (non-hydrogen) atoms. The number of carbonyl (C=O) groups excluding carboxylic acids is 1. The molecule has 0 amide bonds. The number of carbonyl (C=O) groups is 1. The number of esters is 1. The summed E-state index contributed by atoms with van der Waals surface area (Å²) in [6.07, 6.45) is 0.904. The first-order valence-electron chi connectivity index (χ1n) is 10.2. The van der Waals surface area contributed by atoms with Gasteiger partial charge in [-0.3, -0.25) is 9.59 Å². The minimum atomic E-state index is -0.709. The van der Waals surface area contributed by atoms with Gasteiger partial charge in [-0.15, -0.1) is 11.3 Å². The number of furan rings is 1. The Morgan fingerprint density at radius 1 is 1.19 bits per heavy atom. The standard InChI is InChI=1S/C23H22N2O6S/c1-3-28-15-6-8-16(9-7-15)29-12-10-19(26)31-14(2)21-24-22(27)20-17(13-32-23(20)25-21)18-5-4-11-30-18/h4-9,11,13-14H,3,10,12H2,1-2H3,(H,24,25,27). The predicted octanol–water partition coefficient (Wildman–Crippen LogP) is 4.72. The Labute approximate surface area is 187 Å². The van der Waals surface area contributed by atoms with Crippen LogP contribution in [0.15, 0.2) is 57.3 Å². The van der Waals surface area contributed by atoms with E-state index in [0.29, 0.717) is 33.9 Å². The molecular formula is C23H22N2O6S. The summed E-state index contributed by atoms with van der Waals surface area (Å²) in [4.78, 5) is 32.6. The Balaban J connectivity index is 1.35. The van der Waals surface area contributed by atoms with Crippen LogP contribution in [-0.2, 0) is 9.53 Å². The third-order valence-electron chi connectivity index (χ3n) is 4.65. The van der Waals surface area contributed by atoms with E-state index in [2.05, 4.69) is 9.97 Å². The maximum absolute atomic E-state index is 12.7. The van der Waals surface area contributed by atoms with E-state index in [-0.39, 0.29) is 24.4 Å². The third-order valence-corrected chi connectivity index (χ3v) is 5.52. The zero-order chi connectivity index (χ0) is 22.5. The molecule has 0 bridgehead atoms. The summed E-state index contributed by atoms with van der Waals surface area (Å²) >= 11 is 1.33. The number of fused-ring (bicyclic) bond motifs is 1. The molecule has 0 fully saturated rings. The summed E-state index contributed by atoms with van der Waals surface area (Å²) in [5.74, 6) is 1.83. The van der Waals surface area contributed by atoms with Crippen molar-refractivity contribution in [1.82, 2.24) is 9.97 Å². The molecule has 3 aromatic heterocycles. The highest BCUT2D eigenvalue weighted by Crippen LogP contribution is 2.31. The number of nitrogens with zero attached hydrogens (tertiary/aromatic N) is 1. The molecule has 3 heterocycles. The first-order chi connectivity index (χ1) is 15.5. The van der Waals surface area contributed by atoms with Crippen molar-refractivity contribution < 1.29 is 23.4 Å². The smallest absolute Gasteiger partial charge is 0.309 e. The summed E-state index contributed by atoms with van der Waals surface area (Å²) in [5, 5.41) is 2.28. The fraction of sp³-hybridized carbons (Fsp3) is 0.261. The highest BCUT2D eigenvalue weighted by atomic mass is 32.1. The van der Waals surface area contributed by atoms with Gasteiger partial charge in [0.2, 0.25) is 0 Å². The number of rotatable bonds is 9. The van der Waals surface area contributed by atoms with Crippen molar-refractivity contribution in [1.29, 1.82) is 0 Å². The van der Waals surface area contributed by atoms with Gasteiger partial charge in [0.05, 0.1) is 31.3 Å². The van der Waals surface area contributed by atoms with Gasteiger partial charge in [-0.2, -0.15) is 0 Å². The SMILES string of the molecule is CCOc1ccc(OCCC(=O)OC(C)c2nc3scc(-c4ccco4)c3c(=O)[nH]2)cc1. The number of aromatic nitrogens is 2. The number of benzene rings is 1. The van der Waals surface area contributed by atoms with Crippen LogP contribution in [0.3, 0.4) is 0 Å². The van der Waals surface area contributed by atoms with Crippen LogP contribution in [0, 0.1) is 0 Å². The molecule has 0 saturated carbocycles. The molecule has 0 saturated heterocycles. The molecule has 166 valence electrons. The molecular weight excluding hydrogens is 432 g/mol. The average Bonchev–Trinajstić information content (AvgIpc) is 3.45. The summed E-state index contributed by atoms with van der Waals surface area (Å²) < 4.78 is 21.8. The third kappa shape index (κ3) is 4.83. The van der Waals surface area contributed by atoms with Crippen molar-refractivity contribution in [2.24, 2.45) is 0 Å². The monoisotopic (exact) mass is 454 g/mol. The highest BCUT2D eigenvalue weighted by molar-refractivity contribution is 7.17. The van der Waals surface area contributed by atoms with Crippen LogP contribution in [0.2, 0.25) is 0 Å². The van der Waals surface area contributed by atoms with Crippen molar-refractivity contribution in [3.63, 3.8) is 0 Å². The second kappa shape index (κ2) is 9.69. The summed E-state index contributed by atoms with van der Waals surface area (Å²) in [6.45, 7) is 4.34. The van der Waals surface area contributed by atoms with E-state index in [1.165, 1.54) is 11.3 Å². The summed E-state index contributed by atoms with van der Waals surface area (Å²) in [7, 11) is 0. The number of H-pyrrole nitrogens is 1. The van der Waals surface area contributed by atoms with Gasteiger partial charge in [0, 0.05) is 10.9 Å². The highest BCUT2D eigenvalue weighted by Gasteiger charge is 2.19. The topological polar surface area (TPSA) is 104 Å².